The fraction of sp³-hybridized carbons (Fsp3) is 0.0500. The number of hydrogen-bond acceptors (Lipinski definition) is 5. The van der Waals surface area contributed by atoms with Crippen LogP contribution >= 0.6 is 15.9 Å². The summed E-state index contributed by atoms with van der Waals surface area (Å²) in [7, 11) is 1.23. The van der Waals surface area contributed by atoms with E-state index in [1.807, 2.05) is 6.07 Å². The molecule has 0 aliphatic carbocycles. The lowest BCUT2D eigenvalue weighted by atomic mass is 10.0. The van der Waals surface area contributed by atoms with Gasteiger partial charge < -0.3 is 15.0 Å². The number of nitrogens with zero attached hydrogens (tertiary/aromatic N) is 2. The third kappa shape index (κ3) is 3.35. The molecule has 0 saturated heterocycles. The molecular formula is C20H14BrN3O3. The van der Waals surface area contributed by atoms with Gasteiger partial charge in [-0.25, -0.2) is 4.79 Å². The quantitative estimate of drug-likeness (QED) is 0.509. The second-order valence-corrected chi connectivity index (χ2v) is 6.55. The molecule has 2 N–H and O–H groups in total. The van der Waals surface area contributed by atoms with Crippen LogP contribution in [0, 0.1) is 11.3 Å². The largest absolute Gasteiger partial charge is 0.464 e. The highest BCUT2D eigenvalue weighted by Crippen LogP contribution is 2.28. The van der Waals surface area contributed by atoms with E-state index in [0.29, 0.717) is 16.8 Å². The SMILES string of the molecule is COC(=O)c1c(N)c(C#N)cn1-c1ccccc1C(=O)c1ccc(Br)cc1. The van der Waals surface area contributed by atoms with Crippen LogP contribution in [0.5, 0.6) is 0 Å². The van der Waals surface area contributed by atoms with Gasteiger partial charge in [0.2, 0.25) is 0 Å². The average molecular weight is 424 g/mol. The molecule has 0 unspecified atom stereocenters. The van der Waals surface area contributed by atoms with E-state index in [2.05, 4.69) is 15.9 Å². The summed E-state index contributed by atoms with van der Waals surface area (Å²) in [5, 5.41) is 9.27. The first-order chi connectivity index (χ1) is 13.0. The number of esters is 1. The van der Waals surface area contributed by atoms with Crippen LogP contribution in [-0.2, 0) is 4.74 Å². The second kappa shape index (κ2) is 7.48. The normalized spacial score (nSPS) is 10.3. The first kappa shape index (κ1) is 18.4. The minimum Gasteiger partial charge on any atom is -0.464 e. The van der Waals surface area contributed by atoms with E-state index in [1.165, 1.54) is 17.9 Å². The molecule has 0 spiro atoms. The van der Waals surface area contributed by atoms with Crippen molar-refractivity contribution in [2.24, 2.45) is 0 Å². The van der Waals surface area contributed by atoms with Crippen molar-refractivity contribution < 1.29 is 14.3 Å². The Kier molecular flexibility index (Phi) is 5.10. The zero-order chi connectivity index (χ0) is 19.6. The zero-order valence-electron chi connectivity index (χ0n) is 14.3. The van der Waals surface area contributed by atoms with E-state index in [-0.39, 0.29) is 22.7 Å². The minimum atomic E-state index is -0.695. The lowest BCUT2D eigenvalue weighted by Gasteiger charge is -2.13. The molecule has 3 aromatic rings. The van der Waals surface area contributed by atoms with E-state index >= 15 is 0 Å². The van der Waals surface area contributed by atoms with Crippen LogP contribution in [0.2, 0.25) is 0 Å². The number of nitrogen functional groups attached to an aromatic ring is 1. The molecule has 0 bridgehead atoms. The van der Waals surface area contributed by atoms with Crippen molar-refractivity contribution in [2.45, 2.75) is 0 Å². The Morgan fingerprint density at radius 1 is 1.15 bits per heavy atom. The number of rotatable bonds is 4. The molecule has 7 heteroatoms. The van der Waals surface area contributed by atoms with Gasteiger partial charge in [-0.1, -0.05) is 28.1 Å². The fourth-order valence-corrected chi connectivity index (χ4v) is 3.00. The Labute approximate surface area is 163 Å². The summed E-state index contributed by atoms with van der Waals surface area (Å²) in [6, 6.07) is 15.7. The summed E-state index contributed by atoms with van der Waals surface area (Å²) < 4.78 is 7.08. The number of carbonyl (C=O) groups is 2. The number of nitrogens with two attached hydrogens (primary N) is 1. The van der Waals surface area contributed by atoms with Gasteiger partial charge >= 0.3 is 5.97 Å². The predicted octanol–water partition coefficient (Wildman–Crippen LogP) is 3.71. The Morgan fingerprint density at radius 3 is 2.44 bits per heavy atom. The molecule has 6 nitrogen and oxygen atoms in total. The van der Waals surface area contributed by atoms with Crippen molar-refractivity contribution in [1.29, 1.82) is 5.26 Å². The van der Waals surface area contributed by atoms with Gasteiger partial charge in [-0.05, 0) is 36.4 Å². The molecule has 1 aromatic heterocycles. The Balaban J connectivity index is 2.21. The van der Waals surface area contributed by atoms with Gasteiger partial charge in [-0.15, -0.1) is 0 Å². The number of methoxy groups -OCH3 is 1. The Morgan fingerprint density at radius 2 is 1.81 bits per heavy atom. The van der Waals surface area contributed by atoms with Crippen molar-refractivity contribution in [1.82, 2.24) is 4.57 Å². The van der Waals surface area contributed by atoms with E-state index in [9.17, 15) is 14.9 Å². The molecule has 27 heavy (non-hydrogen) atoms. The van der Waals surface area contributed by atoms with Gasteiger partial charge in [0.15, 0.2) is 11.5 Å². The lowest BCUT2D eigenvalue weighted by molar-refractivity contribution is 0.0592. The van der Waals surface area contributed by atoms with E-state index in [0.717, 1.165) is 4.47 Å². The number of halogens is 1. The number of ketones is 1. The maximum atomic E-state index is 13.0. The number of carbonyl (C=O) groups excluding carboxylic acids is 2. The topological polar surface area (TPSA) is 98.1 Å². The van der Waals surface area contributed by atoms with Crippen molar-refractivity contribution in [3.8, 4) is 11.8 Å². The molecule has 0 atom stereocenters. The van der Waals surface area contributed by atoms with Crippen LogP contribution in [0.15, 0.2) is 59.2 Å². The monoisotopic (exact) mass is 423 g/mol. The number of ether oxygens (including phenoxy) is 1. The molecule has 3 rings (SSSR count). The lowest BCUT2D eigenvalue weighted by Crippen LogP contribution is -2.14. The van der Waals surface area contributed by atoms with Gasteiger partial charge in [0, 0.05) is 21.8 Å². The third-order valence-electron chi connectivity index (χ3n) is 4.06. The molecule has 0 aliphatic rings. The number of anilines is 1. The number of para-hydroxylation sites is 1. The van der Waals surface area contributed by atoms with Gasteiger partial charge in [0.25, 0.3) is 0 Å². The minimum absolute atomic E-state index is 0.00473. The summed E-state index contributed by atoms with van der Waals surface area (Å²) in [6.45, 7) is 0. The van der Waals surface area contributed by atoms with Crippen LogP contribution in [0.4, 0.5) is 5.69 Å². The first-order valence-electron chi connectivity index (χ1n) is 7.86. The highest BCUT2D eigenvalue weighted by atomic mass is 79.9. The Hall–Kier alpha value is -3.37. The predicted molar refractivity (Wildman–Crippen MR) is 104 cm³/mol. The van der Waals surface area contributed by atoms with Crippen molar-refractivity contribution in [2.75, 3.05) is 12.8 Å². The summed E-state index contributed by atoms with van der Waals surface area (Å²) in [4.78, 5) is 25.2. The average Bonchev–Trinajstić information content (AvgIpc) is 3.03. The van der Waals surface area contributed by atoms with Crippen LogP contribution in [0.25, 0.3) is 5.69 Å². The van der Waals surface area contributed by atoms with Gasteiger partial charge in [0.05, 0.1) is 24.0 Å². The number of aromatic nitrogens is 1. The fourth-order valence-electron chi connectivity index (χ4n) is 2.74. The highest BCUT2D eigenvalue weighted by Gasteiger charge is 2.24. The smallest absolute Gasteiger partial charge is 0.357 e. The summed E-state index contributed by atoms with van der Waals surface area (Å²) >= 11 is 3.34. The number of nitriles is 1. The van der Waals surface area contributed by atoms with Gasteiger partial charge in [-0.3, -0.25) is 4.79 Å². The van der Waals surface area contributed by atoms with Gasteiger partial charge in [0.1, 0.15) is 6.07 Å². The van der Waals surface area contributed by atoms with E-state index in [4.69, 9.17) is 10.5 Å². The molecule has 0 aliphatic heterocycles. The summed E-state index contributed by atoms with van der Waals surface area (Å²) in [5.41, 5.74) is 7.38. The highest BCUT2D eigenvalue weighted by molar-refractivity contribution is 9.10. The van der Waals surface area contributed by atoms with Gasteiger partial charge in [-0.2, -0.15) is 5.26 Å². The van der Waals surface area contributed by atoms with E-state index < -0.39 is 5.97 Å². The third-order valence-corrected chi connectivity index (χ3v) is 4.59. The molecule has 134 valence electrons. The molecule has 0 radical (unpaired) electrons. The van der Waals surface area contributed by atoms with Crippen LogP contribution in [0.3, 0.4) is 0 Å². The molecule has 0 amide bonds. The molecule has 0 fully saturated rings. The van der Waals surface area contributed by atoms with Crippen LogP contribution in [0.1, 0.15) is 32.0 Å². The summed E-state index contributed by atoms with van der Waals surface area (Å²) in [6.07, 6.45) is 1.43. The molecular weight excluding hydrogens is 410 g/mol. The maximum Gasteiger partial charge on any atom is 0.357 e. The van der Waals surface area contributed by atoms with Crippen molar-refractivity contribution >= 4 is 33.4 Å². The van der Waals surface area contributed by atoms with Crippen LogP contribution < -0.4 is 5.73 Å². The maximum absolute atomic E-state index is 13.0. The standard InChI is InChI=1S/C20H14BrN3O3/c1-27-20(26)18-17(23)13(10-22)11-24(18)16-5-3-2-4-15(16)19(25)12-6-8-14(21)9-7-12/h2-9,11H,23H2,1H3. The molecule has 2 aromatic carbocycles. The number of hydrogen-bond donors (Lipinski definition) is 1. The Bertz CT molecular complexity index is 1080. The number of benzene rings is 2. The summed E-state index contributed by atoms with van der Waals surface area (Å²) in [5.74, 6) is -0.917. The van der Waals surface area contributed by atoms with E-state index in [1.54, 1.807) is 48.5 Å². The molecule has 1 heterocycles. The molecule has 0 saturated carbocycles. The van der Waals surface area contributed by atoms with Crippen LogP contribution in [-0.4, -0.2) is 23.4 Å². The van der Waals surface area contributed by atoms with Crippen molar-refractivity contribution in [3.63, 3.8) is 0 Å². The van der Waals surface area contributed by atoms with Crippen molar-refractivity contribution in [3.05, 3.63) is 81.6 Å². The zero-order valence-corrected chi connectivity index (χ0v) is 15.9. The second-order valence-electron chi connectivity index (χ2n) is 5.63. The first-order valence-corrected chi connectivity index (χ1v) is 8.66.